The van der Waals surface area contributed by atoms with E-state index in [2.05, 4.69) is 0 Å². The molecule has 0 atom stereocenters. The monoisotopic (exact) mass is 344 g/mol. The lowest BCUT2D eigenvalue weighted by Crippen LogP contribution is -2.47. The van der Waals surface area contributed by atoms with E-state index in [9.17, 15) is 9.59 Å². The fraction of sp³-hybridized carbons (Fsp3) is 0.474. The van der Waals surface area contributed by atoms with Gasteiger partial charge in [0.05, 0.1) is 14.2 Å². The highest BCUT2D eigenvalue weighted by molar-refractivity contribution is 5.94. The van der Waals surface area contributed by atoms with Crippen LogP contribution in [0.5, 0.6) is 11.5 Å². The van der Waals surface area contributed by atoms with Crippen molar-refractivity contribution in [2.75, 3.05) is 27.3 Å². The Morgan fingerprint density at radius 2 is 1.84 bits per heavy atom. The molecule has 0 aromatic heterocycles. The topological polar surface area (TPSA) is 59.1 Å². The summed E-state index contributed by atoms with van der Waals surface area (Å²) in [6.07, 6.45) is 6.99. The number of nitrogens with zero attached hydrogens (tertiary/aromatic N) is 2. The van der Waals surface area contributed by atoms with Crippen LogP contribution in [0.1, 0.15) is 31.2 Å². The number of hydrogen-bond donors (Lipinski definition) is 0. The molecule has 2 amide bonds. The number of carbonyl (C=O) groups excluding carboxylic acids is 2. The van der Waals surface area contributed by atoms with Gasteiger partial charge in [0.15, 0.2) is 0 Å². The summed E-state index contributed by atoms with van der Waals surface area (Å²) in [5.41, 5.74) is 0.756. The minimum absolute atomic E-state index is 0.0875. The Morgan fingerprint density at radius 1 is 1.08 bits per heavy atom. The fourth-order valence-corrected chi connectivity index (χ4v) is 3.15. The molecule has 0 bridgehead atoms. The van der Waals surface area contributed by atoms with Crippen molar-refractivity contribution in [3.63, 3.8) is 0 Å². The van der Waals surface area contributed by atoms with Crippen LogP contribution in [0.3, 0.4) is 0 Å². The molecule has 1 saturated heterocycles. The zero-order valence-corrected chi connectivity index (χ0v) is 14.7. The highest BCUT2D eigenvalue weighted by Crippen LogP contribution is 2.30. The van der Waals surface area contributed by atoms with E-state index in [1.54, 1.807) is 42.4 Å². The van der Waals surface area contributed by atoms with Gasteiger partial charge in [-0.3, -0.25) is 14.6 Å². The molecule has 25 heavy (non-hydrogen) atoms. The summed E-state index contributed by atoms with van der Waals surface area (Å²) in [7, 11) is 3.18. The number of ether oxygens (including phenoxy) is 2. The second-order valence-electron chi connectivity index (χ2n) is 6.35. The zero-order valence-electron chi connectivity index (χ0n) is 14.7. The number of hydrogen-bond acceptors (Lipinski definition) is 4. The molecule has 134 valence electrons. The first-order chi connectivity index (χ1) is 12.1. The van der Waals surface area contributed by atoms with E-state index in [0.29, 0.717) is 24.6 Å². The van der Waals surface area contributed by atoms with E-state index in [-0.39, 0.29) is 17.7 Å². The number of hydrazine groups is 1. The zero-order chi connectivity index (χ0) is 17.8. The summed E-state index contributed by atoms with van der Waals surface area (Å²) in [4.78, 5) is 25.1. The first-order valence-electron chi connectivity index (χ1n) is 8.67. The number of carbonyl (C=O) groups is 2. The van der Waals surface area contributed by atoms with Crippen LogP contribution in [0.2, 0.25) is 0 Å². The molecule has 1 aliphatic heterocycles. The van der Waals surface area contributed by atoms with Crippen molar-refractivity contribution in [1.82, 2.24) is 10.0 Å². The predicted molar refractivity (Wildman–Crippen MR) is 94.0 cm³/mol. The molecule has 2 fully saturated rings. The van der Waals surface area contributed by atoms with Gasteiger partial charge in [0.25, 0.3) is 5.91 Å². The van der Waals surface area contributed by atoms with Crippen LogP contribution >= 0.6 is 0 Å². The molecule has 1 saturated carbocycles. The first kappa shape index (κ1) is 17.3. The van der Waals surface area contributed by atoms with Gasteiger partial charge in [0.2, 0.25) is 5.91 Å². The predicted octanol–water partition coefficient (Wildman–Crippen LogP) is 2.49. The fourth-order valence-electron chi connectivity index (χ4n) is 3.15. The van der Waals surface area contributed by atoms with Crippen molar-refractivity contribution in [2.45, 2.75) is 25.7 Å². The molecule has 6 heteroatoms. The Labute approximate surface area is 148 Å². The summed E-state index contributed by atoms with van der Waals surface area (Å²) in [6.45, 7) is 1.20. The van der Waals surface area contributed by atoms with Gasteiger partial charge in [-0.2, -0.15) is 0 Å². The average molecular weight is 344 g/mol. The Balaban J connectivity index is 1.72. The van der Waals surface area contributed by atoms with Gasteiger partial charge >= 0.3 is 0 Å². The molecule has 3 rings (SSSR count). The first-order valence-corrected chi connectivity index (χ1v) is 8.67. The van der Waals surface area contributed by atoms with Crippen molar-refractivity contribution in [3.05, 3.63) is 29.8 Å². The third kappa shape index (κ3) is 3.62. The van der Waals surface area contributed by atoms with E-state index in [1.165, 1.54) is 6.08 Å². The standard InChI is InChI=1S/C19H24N2O4/c1-24-16-8-9-17(25-2)15(13-16)7-10-18(22)20-11-4-12-21(20)19(23)14-5-3-6-14/h7-10,13-14H,3-6,11-12H2,1-2H3. The van der Waals surface area contributed by atoms with Gasteiger partial charge < -0.3 is 9.47 Å². The summed E-state index contributed by atoms with van der Waals surface area (Å²) in [5.74, 6) is 1.35. The molecule has 6 nitrogen and oxygen atoms in total. The van der Waals surface area contributed by atoms with E-state index in [0.717, 1.165) is 31.2 Å². The van der Waals surface area contributed by atoms with E-state index in [1.807, 2.05) is 6.07 Å². The van der Waals surface area contributed by atoms with Crippen molar-refractivity contribution < 1.29 is 19.1 Å². The van der Waals surface area contributed by atoms with Gasteiger partial charge in [-0.05, 0) is 43.5 Å². The Morgan fingerprint density at radius 3 is 2.48 bits per heavy atom. The van der Waals surface area contributed by atoms with Crippen LogP contribution in [-0.4, -0.2) is 49.1 Å². The molecule has 1 aromatic carbocycles. The maximum Gasteiger partial charge on any atom is 0.265 e. The van der Waals surface area contributed by atoms with Crippen molar-refractivity contribution in [3.8, 4) is 11.5 Å². The van der Waals surface area contributed by atoms with E-state index >= 15 is 0 Å². The third-order valence-corrected chi connectivity index (χ3v) is 4.84. The van der Waals surface area contributed by atoms with Gasteiger partial charge in [-0.1, -0.05) is 6.42 Å². The molecule has 1 aromatic rings. The maximum atomic E-state index is 12.6. The second kappa shape index (κ2) is 7.59. The Hall–Kier alpha value is -2.50. The largest absolute Gasteiger partial charge is 0.497 e. The van der Waals surface area contributed by atoms with Crippen LogP contribution in [-0.2, 0) is 9.59 Å². The number of benzene rings is 1. The third-order valence-electron chi connectivity index (χ3n) is 4.84. The average Bonchev–Trinajstić information content (AvgIpc) is 3.07. The molecule has 1 aliphatic carbocycles. The lowest BCUT2D eigenvalue weighted by atomic mass is 9.84. The van der Waals surface area contributed by atoms with E-state index < -0.39 is 0 Å². The van der Waals surface area contributed by atoms with Crippen LogP contribution in [0.15, 0.2) is 24.3 Å². The smallest absolute Gasteiger partial charge is 0.265 e. The molecular formula is C19H24N2O4. The minimum Gasteiger partial charge on any atom is -0.497 e. The van der Waals surface area contributed by atoms with Gasteiger partial charge in [-0.25, -0.2) is 5.01 Å². The van der Waals surface area contributed by atoms with Crippen LogP contribution in [0.4, 0.5) is 0 Å². The molecular weight excluding hydrogens is 320 g/mol. The van der Waals surface area contributed by atoms with Gasteiger partial charge in [0, 0.05) is 30.6 Å². The normalized spacial score (nSPS) is 17.7. The summed E-state index contributed by atoms with van der Waals surface area (Å²) >= 11 is 0. The highest BCUT2D eigenvalue weighted by atomic mass is 16.5. The SMILES string of the molecule is COc1ccc(OC)c(C=CC(=O)N2CCCN2C(=O)C2CCC2)c1. The molecule has 1 heterocycles. The Bertz CT molecular complexity index is 682. The quantitative estimate of drug-likeness (QED) is 0.770. The van der Waals surface area contributed by atoms with Crippen molar-refractivity contribution in [2.24, 2.45) is 5.92 Å². The number of rotatable bonds is 5. The van der Waals surface area contributed by atoms with Crippen LogP contribution in [0, 0.1) is 5.92 Å². The molecule has 0 radical (unpaired) electrons. The summed E-state index contributed by atoms with van der Waals surface area (Å²) in [5, 5.41) is 3.18. The van der Waals surface area contributed by atoms with E-state index in [4.69, 9.17) is 9.47 Å². The molecule has 0 N–H and O–H groups in total. The highest BCUT2D eigenvalue weighted by Gasteiger charge is 2.36. The van der Waals surface area contributed by atoms with Crippen molar-refractivity contribution in [1.29, 1.82) is 0 Å². The Kier molecular flexibility index (Phi) is 5.26. The summed E-state index contributed by atoms with van der Waals surface area (Å²) < 4.78 is 10.5. The molecule has 0 unspecified atom stereocenters. The van der Waals surface area contributed by atoms with Crippen LogP contribution < -0.4 is 9.47 Å². The molecule has 0 spiro atoms. The lowest BCUT2D eigenvalue weighted by Gasteiger charge is -2.33. The summed E-state index contributed by atoms with van der Waals surface area (Å²) in [6, 6.07) is 5.41. The number of methoxy groups -OCH3 is 2. The minimum atomic E-state index is -0.185. The van der Waals surface area contributed by atoms with Gasteiger partial charge in [-0.15, -0.1) is 0 Å². The second-order valence-corrected chi connectivity index (χ2v) is 6.35. The van der Waals surface area contributed by atoms with Crippen LogP contribution in [0.25, 0.3) is 6.08 Å². The van der Waals surface area contributed by atoms with Crippen molar-refractivity contribution >= 4 is 17.9 Å². The maximum absolute atomic E-state index is 12.6. The number of amides is 2. The lowest BCUT2D eigenvalue weighted by molar-refractivity contribution is -0.159. The van der Waals surface area contributed by atoms with Gasteiger partial charge in [0.1, 0.15) is 11.5 Å². The molecule has 2 aliphatic rings.